The average molecular weight is 646 g/mol. The third-order valence-corrected chi connectivity index (χ3v) is 8.29. The molecular weight excluding hydrogens is 618 g/mol. The second-order valence-electron chi connectivity index (χ2n) is 11.0. The maximum atomic E-state index is 13.9. The van der Waals surface area contributed by atoms with E-state index in [1.165, 1.54) is 24.4 Å². The Morgan fingerprint density at radius 1 is 1.13 bits per heavy atom. The SMILES string of the molecule is CC(C)n1cc(C(Nc2cc(Cl)c3ncc(C#N)c(Nc4ccc(F)c(Cl)c4)c3c2)c2cccc3c2CN(C(=O)CO)C3)nn1. The van der Waals surface area contributed by atoms with Gasteiger partial charge in [0.2, 0.25) is 5.91 Å². The number of aliphatic hydroxyl groups is 1. The number of carbonyl (C=O) groups excluding carboxylic acids is 1. The number of aromatic nitrogens is 4. The molecule has 0 bridgehead atoms. The number of benzene rings is 3. The van der Waals surface area contributed by atoms with E-state index in [9.17, 15) is 19.6 Å². The second kappa shape index (κ2) is 12.3. The van der Waals surface area contributed by atoms with Crippen molar-refractivity contribution in [1.29, 1.82) is 5.26 Å². The number of halogens is 3. The lowest BCUT2D eigenvalue weighted by atomic mass is 9.95. The number of carbonyl (C=O) groups is 1. The third-order valence-electron chi connectivity index (χ3n) is 7.72. The van der Waals surface area contributed by atoms with Crippen LogP contribution in [0.4, 0.5) is 21.5 Å². The molecule has 1 atom stereocenters. The lowest BCUT2D eigenvalue weighted by Gasteiger charge is -2.22. The van der Waals surface area contributed by atoms with Crippen molar-refractivity contribution < 1.29 is 14.3 Å². The summed E-state index contributed by atoms with van der Waals surface area (Å²) in [7, 11) is 0. The predicted octanol–water partition coefficient (Wildman–Crippen LogP) is 6.50. The van der Waals surface area contributed by atoms with Gasteiger partial charge < -0.3 is 20.6 Å². The summed E-state index contributed by atoms with van der Waals surface area (Å²) in [5.74, 6) is -0.912. The first kappa shape index (κ1) is 30.3. The molecule has 1 amide bonds. The molecule has 3 aromatic carbocycles. The van der Waals surface area contributed by atoms with Crippen LogP contribution in [0.2, 0.25) is 10.0 Å². The molecule has 0 fully saturated rings. The van der Waals surface area contributed by atoms with Crippen LogP contribution in [0.3, 0.4) is 0 Å². The Kier molecular flexibility index (Phi) is 8.29. The zero-order valence-corrected chi connectivity index (χ0v) is 25.7. The molecule has 2 aromatic heterocycles. The first-order chi connectivity index (χ1) is 21.7. The summed E-state index contributed by atoms with van der Waals surface area (Å²) in [6, 6.07) is 15.3. The van der Waals surface area contributed by atoms with Gasteiger partial charge in [0, 0.05) is 42.1 Å². The van der Waals surface area contributed by atoms with Gasteiger partial charge in [0.15, 0.2) is 0 Å². The average Bonchev–Trinajstić information content (AvgIpc) is 3.70. The van der Waals surface area contributed by atoms with Crippen molar-refractivity contribution in [3.63, 3.8) is 0 Å². The number of nitriles is 1. The van der Waals surface area contributed by atoms with Gasteiger partial charge in [-0.1, -0.05) is 46.6 Å². The number of rotatable bonds is 8. The van der Waals surface area contributed by atoms with Crippen LogP contribution in [0, 0.1) is 17.1 Å². The summed E-state index contributed by atoms with van der Waals surface area (Å²) in [4.78, 5) is 18.4. The predicted molar refractivity (Wildman–Crippen MR) is 170 cm³/mol. The second-order valence-corrected chi connectivity index (χ2v) is 11.8. The van der Waals surface area contributed by atoms with Crippen LogP contribution in [0.1, 0.15) is 53.9 Å². The zero-order chi connectivity index (χ0) is 31.8. The monoisotopic (exact) mass is 644 g/mol. The summed E-state index contributed by atoms with van der Waals surface area (Å²) in [5.41, 5.74) is 5.67. The van der Waals surface area contributed by atoms with Gasteiger partial charge in [-0.25, -0.2) is 9.07 Å². The van der Waals surface area contributed by atoms with Crippen molar-refractivity contribution in [2.45, 2.75) is 39.0 Å². The maximum Gasteiger partial charge on any atom is 0.248 e. The van der Waals surface area contributed by atoms with Crippen LogP contribution in [0.15, 0.2) is 60.9 Å². The fourth-order valence-corrected chi connectivity index (χ4v) is 5.88. The highest BCUT2D eigenvalue weighted by atomic mass is 35.5. The fraction of sp³-hybridized carbons (Fsp3) is 0.219. The molecule has 0 saturated carbocycles. The van der Waals surface area contributed by atoms with Gasteiger partial charge in [-0.3, -0.25) is 9.78 Å². The van der Waals surface area contributed by atoms with E-state index in [1.54, 1.807) is 15.6 Å². The Balaban J connectivity index is 1.46. The van der Waals surface area contributed by atoms with Crippen LogP contribution < -0.4 is 10.6 Å². The minimum Gasteiger partial charge on any atom is -0.387 e. The molecule has 5 aromatic rings. The van der Waals surface area contributed by atoms with E-state index in [1.807, 2.05) is 44.3 Å². The number of nitrogens with one attached hydrogen (secondary N) is 2. The summed E-state index contributed by atoms with van der Waals surface area (Å²) in [6.07, 6.45) is 3.30. The topological polar surface area (TPSA) is 132 Å². The van der Waals surface area contributed by atoms with Crippen LogP contribution in [0.5, 0.6) is 0 Å². The lowest BCUT2D eigenvalue weighted by Crippen LogP contribution is -2.28. The van der Waals surface area contributed by atoms with Crippen molar-refractivity contribution in [1.82, 2.24) is 24.9 Å². The minimum atomic E-state index is -0.567. The van der Waals surface area contributed by atoms with Crippen molar-refractivity contribution in [3.05, 3.63) is 105 Å². The summed E-state index contributed by atoms with van der Waals surface area (Å²) < 4.78 is 15.6. The molecule has 228 valence electrons. The zero-order valence-electron chi connectivity index (χ0n) is 24.2. The number of anilines is 3. The van der Waals surface area contributed by atoms with E-state index < -0.39 is 18.5 Å². The molecule has 3 heterocycles. The van der Waals surface area contributed by atoms with E-state index in [0.717, 1.165) is 16.7 Å². The molecule has 10 nitrogen and oxygen atoms in total. The van der Waals surface area contributed by atoms with E-state index in [-0.39, 0.29) is 22.5 Å². The molecule has 6 rings (SSSR count). The highest BCUT2D eigenvalue weighted by Crippen LogP contribution is 2.39. The highest BCUT2D eigenvalue weighted by Gasteiger charge is 2.30. The molecule has 0 radical (unpaired) electrons. The molecule has 45 heavy (non-hydrogen) atoms. The Labute approximate surface area is 268 Å². The minimum absolute atomic E-state index is 0.0656. The Morgan fingerprint density at radius 3 is 2.64 bits per heavy atom. The van der Waals surface area contributed by atoms with E-state index in [4.69, 9.17) is 23.2 Å². The van der Waals surface area contributed by atoms with Crippen molar-refractivity contribution >= 4 is 57.1 Å². The lowest BCUT2D eigenvalue weighted by molar-refractivity contribution is -0.134. The quantitative estimate of drug-likeness (QED) is 0.174. The van der Waals surface area contributed by atoms with Crippen LogP contribution in [-0.2, 0) is 17.9 Å². The summed E-state index contributed by atoms with van der Waals surface area (Å²) in [5, 5.41) is 35.8. The molecule has 13 heteroatoms. The molecule has 0 aliphatic carbocycles. The van der Waals surface area contributed by atoms with Crippen LogP contribution >= 0.6 is 23.2 Å². The van der Waals surface area contributed by atoms with Crippen LogP contribution in [-0.4, -0.2) is 42.5 Å². The largest absolute Gasteiger partial charge is 0.387 e. The fourth-order valence-electron chi connectivity index (χ4n) is 5.43. The van der Waals surface area contributed by atoms with Gasteiger partial charge in [0.25, 0.3) is 0 Å². The van der Waals surface area contributed by atoms with Crippen molar-refractivity contribution in [2.24, 2.45) is 0 Å². The molecule has 1 aliphatic rings. The Bertz CT molecular complexity index is 1990. The first-order valence-corrected chi connectivity index (χ1v) is 14.8. The molecule has 3 N–H and O–H groups in total. The van der Waals surface area contributed by atoms with Crippen molar-refractivity contribution in [3.8, 4) is 6.07 Å². The van der Waals surface area contributed by atoms with E-state index >= 15 is 0 Å². The number of hydrogen-bond donors (Lipinski definition) is 3. The summed E-state index contributed by atoms with van der Waals surface area (Å²) in [6.45, 7) is 4.17. The first-order valence-electron chi connectivity index (χ1n) is 14.1. The number of pyridine rings is 1. The Morgan fingerprint density at radius 2 is 1.93 bits per heavy atom. The van der Waals surface area contributed by atoms with Gasteiger partial charge >= 0.3 is 0 Å². The molecule has 0 spiro atoms. The van der Waals surface area contributed by atoms with Crippen molar-refractivity contribution in [2.75, 3.05) is 17.2 Å². The number of nitrogens with zero attached hydrogens (tertiary/aromatic N) is 6. The molecule has 1 unspecified atom stereocenters. The van der Waals surface area contributed by atoms with Gasteiger partial charge in [0.05, 0.1) is 39.1 Å². The van der Waals surface area contributed by atoms with Gasteiger partial charge in [0.1, 0.15) is 24.2 Å². The smallest absolute Gasteiger partial charge is 0.248 e. The van der Waals surface area contributed by atoms with Gasteiger partial charge in [-0.05, 0) is 60.9 Å². The van der Waals surface area contributed by atoms with Crippen LogP contribution in [0.25, 0.3) is 10.9 Å². The standard InChI is InChI=1S/C32H27Cl2FN8O2/c1-17(2)43-15-28(40-41-43)32(22-5-3-4-18-13-42(14-24(18)22)29(45)16-44)39-21-8-23-30(38-20-6-7-27(35)25(33)9-20)19(11-36)12-37-31(23)26(34)10-21/h3-10,12,15,17,32,39,44H,13-14,16H2,1-2H3,(H,37,38). The number of aliphatic hydroxyl groups excluding tert-OH is 1. The van der Waals surface area contributed by atoms with Gasteiger partial charge in [-0.15, -0.1) is 5.10 Å². The number of fused-ring (bicyclic) bond motifs is 2. The molecule has 1 aliphatic heterocycles. The van der Waals surface area contributed by atoms with E-state index in [2.05, 4.69) is 32.0 Å². The van der Waals surface area contributed by atoms with E-state index in [0.29, 0.717) is 51.8 Å². The molecular formula is C32H27Cl2FN8O2. The summed E-state index contributed by atoms with van der Waals surface area (Å²) >= 11 is 12.8. The number of hydrogen-bond acceptors (Lipinski definition) is 8. The number of amides is 1. The van der Waals surface area contributed by atoms with Gasteiger partial charge in [-0.2, -0.15) is 5.26 Å². The highest BCUT2D eigenvalue weighted by molar-refractivity contribution is 6.36. The third kappa shape index (κ3) is 5.88. The Hall–Kier alpha value is -4.76. The molecule has 0 saturated heterocycles. The normalized spacial score (nSPS) is 13.2. The maximum absolute atomic E-state index is 13.9.